The molecule has 33 heavy (non-hydrogen) atoms. The van der Waals surface area contributed by atoms with Crippen LogP contribution in [0.4, 0.5) is 5.69 Å². The van der Waals surface area contributed by atoms with Crippen molar-refractivity contribution in [3.05, 3.63) is 50.5 Å². The number of carbonyl (C=O) groups is 2. The Hall–Kier alpha value is -2.47. The summed E-state index contributed by atoms with van der Waals surface area (Å²) in [4.78, 5) is 38.3. The quantitative estimate of drug-likeness (QED) is 0.248. The fourth-order valence-electron chi connectivity index (χ4n) is 4.64. The molecule has 2 saturated heterocycles. The van der Waals surface area contributed by atoms with Gasteiger partial charge in [0.15, 0.2) is 0 Å². The maximum absolute atomic E-state index is 13.1. The highest BCUT2D eigenvalue weighted by molar-refractivity contribution is 8.03. The number of aliphatic hydroxyl groups excluding tert-OH is 2. The number of nitrogens with zero attached hydrogens (tertiary/aromatic N) is 2. The molecule has 10 nitrogen and oxygen atoms in total. The summed E-state index contributed by atoms with van der Waals surface area (Å²) in [7, 11) is 0. The topological polar surface area (TPSA) is 139 Å². The molecular formula is C22H26N2O8S. The summed E-state index contributed by atoms with van der Waals surface area (Å²) in [5.41, 5.74) is 0.424. The lowest BCUT2D eigenvalue weighted by atomic mass is 9.79. The number of carbonyl (C=O) groups excluding carboxylic acids is 2. The van der Waals surface area contributed by atoms with Crippen LogP contribution in [0.2, 0.25) is 0 Å². The average Bonchev–Trinajstić information content (AvgIpc) is 3.33. The van der Waals surface area contributed by atoms with E-state index in [0.29, 0.717) is 23.3 Å². The molecule has 178 valence electrons. The van der Waals surface area contributed by atoms with Crippen LogP contribution >= 0.6 is 11.8 Å². The van der Waals surface area contributed by atoms with E-state index in [2.05, 4.69) is 0 Å². The van der Waals surface area contributed by atoms with E-state index in [1.807, 2.05) is 6.92 Å². The molecule has 1 amide bonds. The predicted molar refractivity (Wildman–Crippen MR) is 117 cm³/mol. The van der Waals surface area contributed by atoms with E-state index in [4.69, 9.17) is 9.47 Å². The first kappa shape index (κ1) is 23.7. The molecular weight excluding hydrogens is 452 g/mol. The van der Waals surface area contributed by atoms with Gasteiger partial charge in [-0.25, -0.2) is 4.79 Å². The number of ether oxygens (including phenoxy) is 2. The smallest absolute Gasteiger partial charge is 0.356 e. The monoisotopic (exact) mass is 478 g/mol. The lowest BCUT2D eigenvalue weighted by molar-refractivity contribution is -0.384. The minimum atomic E-state index is -0.843. The number of aliphatic hydroxyl groups is 2. The minimum Gasteiger partial charge on any atom is -0.456 e. The van der Waals surface area contributed by atoms with E-state index in [1.165, 1.54) is 40.9 Å². The number of fused-ring (bicyclic) bond motifs is 1. The minimum absolute atomic E-state index is 0.0629. The number of hydrogen-bond donors (Lipinski definition) is 2. The first-order valence-electron chi connectivity index (χ1n) is 10.8. The Labute approximate surface area is 194 Å². The van der Waals surface area contributed by atoms with Crippen LogP contribution < -0.4 is 0 Å². The molecule has 1 aromatic carbocycles. The molecule has 3 heterocycles. The van der Waals surface area contributed by atoms with E-state index in [1.54, 1.807) is 6.92 Å². The van der Waals surface area contributed by atoms with Crippen molar-refractivity contribution < 1.29 is 34.2 Å². The van der Waals surface area contributed by atoms with E-state index in [0.717, 1.165) is 0 Å². The second kappa shape index (κ2) is 9.41. The molecule has 2 fully saturated rings. The van der Waals surface area contributed by atoms with Gasteiger partial charge in [0.2, 0.25) is 5.91 Å². The van der Waals surface area contributed by atoms with E-state index >= 15 is 0 Å². The molecule has 4 rings (SSSR count). The van der Waals surface area contributed by atoms with Gasteiger partial charge in [-0.05, 0) is 37.5 Å². The number of nitro groups is 1. The molecule has 0 bridgehead atoms. The number of thioether (sulfide) groups is 1. The van der Waals surface area contributed by atoms with Crippen molar-refractivity contribution in [3.63, 3.8) is 0 Å². The molecule has 6 atom stereocenters. The molecule has 3 aliphatic rings. The largest absolute Gasteiger partial charge is 0.456 e. The zero-order valence-electron chi connectivity index (χ0n) is 18.2. The zero-order chi connectivity index (χ0) is 23.9. The molecule has 0 radical (unpaired) electrons. The highest BCUT2D eigenvalue weighted by atomic mass is 32.2. The van der Waals surface area contributed by atoms with Crippen LogP contribution in [0.5, 0.6) is 0 Å². The van der Waals surface area contributed by atoms with Crippen molar-refractivity contribution >= 4 is 29.3 Å². The maximum Gasteiger partial charge on any atom is 0.356 e. The first-order chi connectivity index (χ1) is 15.7. The molecule has 0 saturated carbocycles. The number of nitro benzene ring substituents is 1. The van der Waals surface area contributed by atoms with Crippen molar-refractivity contribution in [2.75, 3.05) is 6.61 Å². The second-order valence-electron chi connectivity index (χ2n) is 8.53. The lowest BCUT2D eigenvalue weighted by Crippen LogP contribution is -2.63. The summed E-state index contributed by atoms with van der Waals surface area (Å²) in [5.74, 6) is -1.77. The number of amides is 1. The molecule has 11 heteroatoms. The highest BCUT2D eigenvalue weighted by Gasteiger charge is 2.60. The Kier molecular flexibility index (Phi) is 6.76. The third-order valence-electron chi connectivity index (χ3n) is 6.35. The molecule has 0 aromatic heterocycles. The van der Waals surface area contributed by atoms with Crippen LogP contribution in [0.15, 0.2) is 34.9 Å². The number of benzene rings is 1. The van der Waals surface area contributed by atoms with E-state index in [-0.39, 0.29) is 54.0 Å². The lowest BCUT2D eigenvalue weighted by Gasteiger charge is -2.46. The van der Waals surface area contributed by atoms with Crippen LogP contribution in [0.1, 0.15) is 32.3 Å². The summed E-state index contributed by atoms with van der Waals surface area (Å²) in [6, 6.07) is 5.35. The summed E-state index contributed by atoms with van der Waals surface area (Å²) in [6.45, 7) is 3.30. The Morgan fingerprint density at radius 2 is 2.06 bits per heavy atom. The highest BCUT2D eigenvalue weighted by Crippen LogP contribution is 2.52. The Balaban J connectivity index is 1.54. The van der Waals surface area contributed by atoms with Crippen molar-refractivity contribution in [1.29, 1.82) is 0 Å². The van der Waals surface area contributed by atoms with Gasteiger partial charge in [-0.1, -0.05) is 18.7 Å². The Morgan fingerprint density at radius 3 is 2.64 bits per heavy atom. The van der Waals surface area contributed by atoms with Crippen LogP contribution in [0.25, 0.3) is 0 Å². The van der Waals surface area contributed by atoms with Gasteiger partial charge in [0, 0.05) is 23.0 Å². The molecule has 2 unspecified atom stereocenters. The number of esters is 1. The van der Waals surface area contributed by atoms with Crippen LogP contribution in [-0.4, -0.2) is 62.2 Å². The first-order valence-corrected chi connectivity index (χ1v) is 11.7. The number of hydrogen-bond acceptors (Lipinski definition) is 9. The van der Waals surface area contributed by atoms with Crippen molar-refractivity contribution in [2.24, 2.45) is 11.8 Å². The number of non-ortho nitro benzene ring substituents is 1. The SMILES string of the molecule is CC(O)[C@@H]1C(=O)N2C(C(=O)OCc3ccc([N+](=O)[O-])cc3)=C(S[C@H]3CCC(CO)O3)[C@H](C)[C@H]12. The van der Waals surface area contributed by atoms with Crippen LogP contribution in [0, 0.1) is 22.0 Å². The fraction of sp³-hybridized carbons (Fsp3) is 0.545. The summed E-state index contributed by atoms with van der Waals surface area (Å²) in [6.07, 6.45) is 0.319. The predicted octanol–water partition coefficient (Wildman–Crippen LogP) is 1.94. The normalized spacial score (nSPS) is 29.6. The van der Waals surface area contributed by atoms with Gasteiger partial charge >= 0.3 is 5.97 Å². The zero-order valence-corrected chi connectivity index (χ0v) is 19.1. The van der Waals surface area contributed by atoms with Crippen LogP contribution in [0.3, 0.4) is 0 Å². The van der Waals surface area contributed by atoms with Gasteiger partial charge in [0.1, 0.15) is 17.7 Å². The van der Waals surface area contributed by atoms with Gasteiger partial charge < -0.3 is 24.6 Å². The van der Waals surface area contributed by atoms with Crippen molar-refractivity contribution in [3.8, 4) is 0 Å². The number of β-lactam (4-membered cyclic amide) rings is 1. The molecule has 0 spiro atoms. The van der Waals surface area contributed by atoms with Crippen molar-refractivity contribution in [1.82, 2.24) is 4.90 Å². The van der Waals surface area contributed by atoms with Crippen molar-refractivity contribution in [2.45, 2.75) is 57.0 Å². The molecule has 1 aromatic rings. The standard InChI is InChI=1S/C22H26N2O8S/c1-11-18-17(12(2)26)21(27)23(18)19(20(11)33-16-8-7-15(9-25)32-16)22(28)31-10-13-3-5-14(6-4-13)24(29)30/h3-6,11-12,15-18,25-26H,7-10H2,1-2H3/t11-,12?,15?,16+,17+,18-/m1/s1. The Bertz CT molecular complexity index is 979. The number of rotatable bonds is 8. The summed E-state index contributed by atoms with van der Waals surface area (Å²) >= 11 is 1.36. The summed E-state index contributed by atoms with van der Waals surface area (Å²) < 4.78 is 11.3. The maximum atomic E-state index is 13.1. The Morgan fingerprint density at radius 1 is 1.36 bits per heavy atom. The third-order valence-corrected chi connectivity index (χ3v) is 7.78. The van der Waals surface area contributed by atoms with Gasteiger partial charge in [0.05, 0.1) is 35.7 Å². The van der Waals surface area contributed by atoms with Gasteiger partial charge in [0.25, 0.3) is 5.69 Å². The van der Waals surface area contributed by atoms with Gasteiger partial charge in [-0.2, -0.15) is 0 Å². The van der Waals surface area contributed by atoms with Gasteiger partial charge in [-0.15, -0.1) is 0 Å². The summed E-state index contributed by atoms with van der Waals surface area (Å²) in [5, 5.41) is 30.3. The van der Waals surface area contributed by atoms with E-state index < -0.39 is 22.9 Å². The van der Waals surface area contributed by atoms with E-state index in [9.17, 15) is 29.9 Å². The average molecular weight is 479 g/mol. The second-order valence-corrected chi connectivity index (χ2v) is 9.73. The molecule has 3 aliphatic heterocycles. The molecule has 2 N–H and O–H groups in total. The van der Waals surface area contributed by atoms with Gasteiger partial charge in [-0.3, -0.25) is 14.9 Å². The molecule has 0 aliphatic carbocycles. The van der Waals surface area contributed by atoms with Crippen LogP contribution in [-0.2, 0) is 25.7 Å². The fourth-order valence-corrected chi connectivity index (χ4v) is 6.03. The third kappa shape index (κ3) is 4.37.